The minimum Gasteiger partial charge on any atom is -0.267 e. The van der Waals surface area contributed by atoms with E-state index in [1.165, 1.54) is 0 Å². The van der Waals surface area contributed by atoms with Crippen molar-refractivity contribution in [3.05, 3.63) is 47.5 Å². The molecule has 0 aromatic heterocycles. The summed E-state index contributed by atoms with van der Waals surface area (Å²) in [6.45, 7) is 1.85. The molecule has 0 aliphatic carbocycles. The van der Waals surface area contributed by atoms with Gasteiger partial charge in [-0.25, -0.2) is 8.42 Å². The molecule has 0 N–H and O–H groups in total. The lowest BCUT2D eigenvalue weighted by Crippen LogP contribution is -2.45. The van der Waals surface area contributed by atoms with Crippen molar-refractivity contribution in [2.24, 2.45) is 0 Å². The van der Waals surface area contributed by atoms with Crippen molar-refractivity contribution >= 4 is 32.6 Å². The largest absolute Gasteiger partial charge is 0.275 e. The zero-order valence-electron chi connectivity index (χ0n) is 12.1. The summed E-state index contributed by atoms with van der Waals surface area (Å²) in [7, 11) is -3.95. The summed E-state index contributed by atoms with van der Waals surface area (Å²) < 4.78 is 25.2. The maximum Gasteiger partial charge on any atom is 0.275 e. The summed E-state index contributed by atoms with van der Waals surface area (Å²) in [5.74, 6) is -1.73. The molecule has 0 saturated carbocycles. The van der Waals surface area contributed by atoms with Gasteiger partial charge in [0.15, 0.2) is 0 Å². The zero-order chi connectivity index (χ0) is 15.9. The third-order valence-corrected chi connectivity index (χ3v) is 5.46. The molecule has 3 rings (SSSR count). The smallest absolute Gasteiger partial charge is 0.267 e. The van der Waals surface area contributed by atoms with Crippen LogP contribution in [0.2, 0.25) is 0 Å². The van der Waals surface area contributed by atoms with E-state index >= 15 is 0 Å². The maximum absolute atomic E-state index is 12.5. The highest BCUT2D eigenvalue weighted by molar-refractivity contribution is 7.90. The summed E-state index contributed by atoms with van der Waals surface area (Å²) in [4.78, 5) is 25.1. The fourth-order valence-corrected chi connectivity index (χ4v) is 4.22. The van der Waals surface area contributed by atoms with E-state index in [9.17, 15) is 18.0 Å². The number of nitrogens with zero attached hydrogens (tertiary/aromatic N) is 1. The molecule has 2 aromatic carbocycles. The van der Waals surface area contributed by atoms with Crippen LogP contribution < -0.4 is 0 Å². The quantitative estimate of drug-likeness (QED) is 0.813. The molecule has 6 heteroatoms. The van der Waals surface area contributed by atoms with Crippen molar-refractivity contribution in [1.29, 1.82) is 0 Å². The van der Waals surface area contributed by atoms with E-state index in [4.69, 9.17) is 0 Å². The van der Waals surface area contributed by atoms with Crippen molar-refractivity contribution in [3.63, 3.8) is 0 Å². The molecule has 0 spiro atoms. The second-order valence-electron chi connectivity index (χ2n) is 5.25. The molecule has 0 fully saturated rings. The van der Waals surface area contributed by atoms with Crippen molar-refractivity contribution in [1.82, 2.24) is 4.31 Å². The van der Waals surface area contributed by atoms with Crippen LogP contribution in [0.5, 0.6) is 0 Å². The van der Waals surface area contributed by atoms with Crippen LogP contribution in [0.4, 0.5) is 0 Å². The van der Waals surface area contributed by atoms with Crippen LogP contribution in [0.15, 0.2) is 36.4 Å². The molecule has 0 bridgehead atoms. The maximum atomic E-state index is 12.5. The Morgan fingerprint density at radius 3 is 2.00 bits per heavy atom. The molecule has 5 nitrogen and oxygen atoms in total. The number of hydrogen-bond acceptors (Lipinski definition) is 4. The predicted molar refractivity (Wildman–Crippen MR) is 83.1 cm³/mol. The third-order valence-electron chi connectivity index (χ3n) is 3.77. The van der Waals surface area contributed by atoms with Crippen LogP contribution in [0.1, 0.15) is 40.5 Å². The first-order valence-electron chi connectivity index (χ1n) is 7.11. The third kappa shape index (κ3) is 2.11. The van der Waals surface area contributed by atoms with Crippen LogP contribution in [0.25, 0.3) is 10.8 Å². The van der Waals surface area contributed by atoms with E-state index in [1.807, 2.05) is 6.92 Å². The van der Waals surface area contributed by atoms with Crippen molar-refractivity contribution in [2.75, 3.05) is 5.75 Å². The number of unbranched alkanes of at least 4 members (excludes halogenated alkanes) is 1. The van der Waals surface area contributed by atoms with E-state index < -0.39 is 21.8 Å². The highest BCUT2D eigenvalue weighted by Crippen LogP contribution is 2.31. The number of benzene rings is 2. The first kappa shape index (κ1) is 14.7. The van der Waals surface area contributed by atoms with Gasteiger partial charge in [-0.2, -0.15) is 4.31 Å². The van der Waals surface area contributed by atoms with Crippen molar-refractivity contribution < 1.29 is 18.0 Å². The Morgan fingerprint density at radius 1 is 0.955 bits per heavy atom. The number of imide groups is 1. The highest BCUT2D eigenvalue weighted by Gasteiger charge is 2.40. The van der Waals surface area contributed by atoms with Gasteiger partial charge in [-0.15, -0.1) is 0 Å². The van der Waals surface area contributed by atoms with Gasteiger partial charge in [0.1, 0.15) is 0 Å². The van der Waals surface area contributed by atoms with Crippen molar-refractivity contribution in [2.45, 2.75) is 19.8 Å². The number of sulfonamides is 1. The summed E-state index contributed by atoms with van der Waals surface area (Å²) in [6, 6.07) is 10.1. The van der Waals surface area contributed by atoms with Gasteiger partial charge < -0.3 is 0 Å². The first-order valence-corrected chi connectivity index (χ1v) is 8.71. The summed E-state index contributed by atoms with van der Waals surface area (Å²) >= 11 is 0. The standard InChI is InChI=1S/C16H15NO4S/c1-2-3-10-22(20,21)17-15(18)12-8-4-6-11-7-5-9-13(14(11)12)16(17)19/h4-9H,2-3,10H2,1H3. The molecule has 0 radical (unpaired) electrons. The molecule has 0 unspecified atom stereocenters. The molecule has 114 valence electrons. The van der Waals surface area contributed by atoms with E-state index in [0.29, 0.717) is 22.5 Å². The lowest BCUT2D eigenvalue weighted by molar-refractivity contribution is 0.0726. The van der Waals surface area contributed by atoms with E-state index in [1.54, 1.807) is 36.4 Å². The molecular weight excluding hydrogens is 302 g/mol. The number of amides is 2. The van der Waals surface area contributed by atoms with Gasteiger partial charge in [0.2, 0.25) is 10.0 Å². The van der Waals surface area contributed by atoms with Gasteiger partial charge in [0, 0.05) is 16.5 Å². The van der Waals surface area contributed by atoms with Crippen molar-refractivity contribution in [3.8, 4) is 0 Å². The topological polar surface area (TPSA) is 71.5 Å². The Labute approximate surface area is 128 Å². The Hall–Kier alpha value is -2.21. The molecular formula is C16H15NO4S. The van der Waals surface area contributed by atoms with Gasteiger partial charge in [-0.3, -0.25) is 9.59 Å². The van der Waals surface area contributed by atoms with E-state index in [2.05, 4.69) is 0 Å². The Morgan fingerprint density at radius 2 is 1.50 bits per heavy atom. The lowest BCUT2D eigenvalue weighted by atomic mass is 9.95. The zero-order valence-corrected chi connectivity index (χ0v) is 12.9. The Bertz CT molecular complexity index is 835. The Kier molecular flexibility index (Phi) is 3.48. The number of carbonyl (C=O) groups excluding carboxylic acids is 2. The van der Waals surface area contributed by atoms with Crippen LogP contribution in [-0.4, -0.2) is 30.3 Å². The number of hydrogen-bond donors (Lipinski definition) is 0. The minimum absolute atomic E-state index is 0.209. The monoisotopic (exact) mass is 317 g/mol. The number of carbonyl (C=O) groups is 2. The van der Waals surface area contributed by atoms with Gasteiger partial charge in [0.05, 0.1) is 5.75 Å². The van der Waals surface area contributed by atoms with Crippen LogP contribution in [0, 0.1) is 0 Å². The molecule has 2 amide bonds. The normalized spacial score (nSPS) is 14.7. The predicted octanol–water partition coefficient (Wildman–Crippen LogP) is 2.57. The number of rotatable bonds is 4. The highest BCUT2D eigenvalue weighted by atomic mass is 32.2. The lowest BCUT2D eigenvalue weighted by Gasteiger charge is -2.26. The summed E-state index contributed by atoms with van der Waals surface area (Å²) in [6.07, 6.45) is 1.08. The van der Waals surface area contributed by atoms with E-state index in [-0.39, 0.29) is 16.9 Å². The Balaban J connectivity index is 2.20. The summed E-state index contributed by atoms with van der Waals surface area (Å²) in [5, 5.41) is 1.28. The van der Waals surface area contributed by atoms with Gasteiger partial charge >= 0.3 is 0 Å². The molecule has 1 heterocycles. The fraction of sp³-hybridized carbons (Fsp3) is 0.250. The van der Waals surface area contributed by atoms with E-state index in [0.717, 1.165) is 5.39 Å². The first-order chi connectivity index (χ1) is 10.5. The van der Waals surface area contributed by atoms with Gasteiger partial charge in [-0.1, -0.05) is 37.6 Å². The average Bonchev–Trinajstić information content (AvgIpc) is 2.50. The molecule has 2 aromatic rings. The minimum atomic E-state index is -3.95. The SMILES string of the molecule is CCCCS(=O)(=O)N1C(=O)c2cccc3cccc(c23)C1=O. The fourth-order valence-electron chi connectivity index (χ4n) is 2.68. The second-order valence-corrected chi connectivity index (χ2v) is 7.19. The van der Waals surface area contributed by atoms with Crippen LogP contribution in [0.3, 0.4) is 0 Å². The summed E-state index contributed by atoms with van der Waals surface area (Å²) in [5.41, 5.74) is 0.514. The molecule has 22 heavy (non-hydrogen) atoms. The molecule has 1 aliphatic rings. The molecule has 0 saturated heterocycles. The van der Waals surface area contributed by atoms with Crippen LogP contribution >= 0.6 is 0 Å². The average molecular weight is 317 g/mol. The van der Waals surface area contributed by atoms with Gasteiger partial charge in [0.25, 0.3) is 11.8 Å². The second kappa shape index (κ2) is 5.21. The molecule has 1 aliphatic heterocycles. The molecule has 0 atom stereocenters. The van der Waals surface area contributed by atoms with Crippen LogP contribution in [-0.2, 0) is 10.0 Å². The van der Waals surface area contributed by atoms with Gasteiger partial charge in [-0.05, 0) is 23.9 Å².